The molecule has 0 saturated heterocycles. The van der Waals surface area contributed by atoms with Crippen molar-refractivity contribution in [2.24, 2.45) is 5.10 Å². The third-order valence-corrected chi connectivity index (χ3v) is 5.20. The topological polar surface area (TPSA) is 67.8 Å². The summed E-state index contributed by atoms with van der Waals surface area (Å²) in [5.74, 6) is -0.860. The number of esters is 1. The van der Waals surface area contributed by atoms with Gasteiger partial charge in [-0.05, 0) is 46.7 Å². The molecule has 0 aliphatic carbocycles. The maximum atomic E-state index is 12.6. The van der Waals surface area contributed by atoms with Crippen molar-refractivity contribution in [3.63, 3.8) is 0 Å². The third-order valence-electron chi connectivity index (χ3n) is 4.64. The van der Waals surface area contributed by atoms with Gasteiger partial charge in [0.1, 0.15) is 0 Å². The fourth-order valence-electron chi connectivity index (χ4n) is 3.13. The number of nitrogens with zero attached hydrogens (tertiary/aromatic N) is 1. The Balaban J connectivity index is 1.47. The van der Waals surface area contributed by atoms with Crippen LogP contribution in [0.5, 0.6) is 5.75 Å². The zero-order valence-electron chi connectivity index (χ0n) is 16.6. The molecule has 1 N–H and O–H groups in total. The minimum absolute atomic E-state index is 0.0547. The fourth-order valence-corrected chi connectivity index (χ4v) is 3.71. The molecule has 0 radical (unpaired) electrons. The van der Waals surface area contributed by atoms with Gasteiger partial charge in [-0.2, -0.15) is 5.10 Å². The number of halogens is 2. The van der Waals surface area contributed by atoms with Crippen molar-refractivity contribution in [2.75, 3.05) is 0 Å². The molecule has 4 aromatic carbocycles. The Labute approximate surface area is 194 Å². The zero-order chi connectivity index (χ0) is 22.5. The van der Waals surface area contributed by atoms with Crippen molar-refractivity contribution in [1.29, 1.82) is 0 Å². The van der Waals surface area contributed by atoms with Crippen molar-refractivity contribution in [3.05, 3.63) is 112 Å². The summed E-state index contributed by atoms with van der Waals surface area (Å²) in [6.07, 6.45) is 1.41. The second-order valence-corrected chi connectivity index (χ2v) is 7.61. The van der Waals surface area contributed by atoms with Crippen LogP contribution in [0.2, 0.25) is 10.0 Å². The van der Waals surface area contributed by atoms with Crippen LogP contribution >= 0.6 is 23.2 Å². The van der Waals surface area contributed by atoms with E-state index < -0.39 is 5.97 Å². The molecule has 7 heteroatoms. The van der Waals surface area contributed by atoms with Gasteiger partial charge in [-0.25, -0.2) is 10.2 Å². The molecule has 158 valence electrons. The van der Waals surface area contributed by atoms with Crippen molar-refractivity contribution < 1.29 is 14.3 Å². The molecule has 5 nitrogen and oxygen atoms in total. The van der Waals surface area contributed by atoms with Gasteiger partial charge in [0.05, 0.1) is 21.8 Å². The molecule has 0 unspecified atom stereocenters. The molecule has 4 aromatic rings. The molecule has 0 aliphatic heterocycles. The number of nitrogens with one attached hydrogen (secondary N) is 1. The lowest BCUT2D eigenvalue weighted by atomic mass is 10.0. The van der Waals surface area contributed by atoms with E-state index in [0.29, 0.717) is 16.7 Å². The van der Waals surface area contributed by atoms with E-state index in [1.54, 1.807) is 36.4 Å². The highest BCUT2D eigenvalue weighted by atomic mass is 35.5. The van der Waals surface area contributed by atoms with Crippen LogP contribution < -0.4 is 10.2 Å². The van der Waals surface area contributed by atoms with E-state index >= 15 is 0 Å². The largest absolute Gasteiger partial charge is 0.420 e. The third kappa shape index (κ3) is 4.80. The molecule has 0 aliphatic rings. The van der Waals surface area contributed by atoms with Crippen molar-refractivity contribution in [3.8, 4) is 5.75 Å². The van der Waals surface area contributed by atoms with Gasteiger partial charge in [-0.3, -0.25) is 4.79 Å². The highest BCUT2D eigenvalue weighted by Gasteiger charge is 2.15. The maximum absolute atomic E-state index is 12.6. The Hall–Kier alpha value is -3.67. The van der Waals surface area contributed by atoms with Crippen molar-refractivity contribution in [1.82, 2.24) is 5.43 Å². The molecule has 1 amide bonds. The number of hydrazone groups is 1. The predicted molar refractivity (Wildman–Crippen MR) is 127 cm³/mol. The minimum Gasteiger partial charge on any atom is -0.420 e. The SMILES string of the molecule is O=C(Oc1c(Cl)cc(/C=N\NC(=O)c2cccc3ccccc23)cc1Cl)c1ccccc1. The number of ether oxygens (including phenoxy) is 1. The number of hydrogen-bond donors (Lipinski definition) is 1. The van der Waals surface area contributed by atoms with Gasteiger partial charge in [-0.15, -0.1) is 0 Å². The van der Waals surface area contributed by atoms with Crippen LogP contribution in [0.4, 0.5) is 0 Å². The van der Waals surface area contributed by atoms with E-state index in [1.165, 1.54) is 18.3 Å². The number of carbonyl (C=O) groups is 2. The summed E-state index contributed by atoms with van der Waals surface area (Å²) in [6, 6.07) is 24.7. The molecule has 0 bridgehead atoms. The van der Waals surface area contributed by atoms with E-state index in [1.807, 2.05) is 36.4 Å². The van der Waals surface area contributed by atoms with Crippen LogP contribution in [0, 0.1) is 0 Å². The zero-order valence-corrected chi connectivity index (χ0v) is 18.1. The highest BCUT2D eigenvalue weighted by Crippen LogP contribution is 2.34. The van der Waals surface area contributed by atoms with E-state index in [4.69, 9.17) is 27.9 Å². The van der Waals surface area contributed by atoms with Gasteiger partial charge in [0.25, 0.3) is 5.91 Å². The van der Waals surface area contributed by atoms with Gasteiger partial charge in [-0.1, -0.05) is 77.8 Å². The number of benzene rings is 4. The standard InChI is InChI=1S/C25H16Cl2N2O3/c26-21-13-16(14-22(27)23(21)32-25(31)18-8-2-1-3-9-18)15-28-29-24(30)20-12-6-10-17-7-4-5-11-19(17)20/h1-15H,(H,29,30)/b28-15-. The molecule has 0 saturated carbocycles. The first-order chi connectivity index (χ1) is 15.5. The Morgan fingerprint density at radius 3 is 2.25 bits per heavy atom. The van der Waals surface area contributed by atoms with E-state index in [9.17, 15) is 9.59 Å². The van der Waals surface area contributed by atoms with Crippen molar-refractivity contribution in [2.45, 2.75) is 0 Å². The fraction of sp³-hybridized carbons (Fsp3) is 0. The summed E-state index contributed by atoms with van der Waals surface area (Å²) in [6.45, 7) is 0. The maximum Gasteiger partial charge on any atom is 0.343 e. The Kier molecular flexibility index (Phi) is 6.50. The molecular formula is C25H16Cl2N2O3. The molecular weight excluding hydrogens is 447 g/mol. The van der Waals surface area contributed by atoms with Crippen LogP contribution in [0.1, 0.15) is 26.3 Å². The molecule has 0 aromatic heterocycles. The summed E-state index contributed by atoms with van der Waals surface area (Å²) >= 11 is 12.5. The number of hydrogen-bond acceptors (Lipinski definition) is 4. The first-order valence-corrected chi connectivity index (χ1v) is 10.4. The number of carbonyl (C=O) groups excluding carboxylic acids is 2. The number of fused-ring (bicyclic) bond motifs is 1. The summed E-state index contributed by atoms with van der Waals surface area (Å²) in [5, 5.41) is 6.07. The number of amides is 1. The van der Waals surface area contributed by atoms with E-state index in [0.717, 1.165) is 10.8 Å². The minimum atomic E-state index is -0.571. The first-order valence-electron chi connectivity index (χ1n) is 9.60. The summed E-state index contributed by atoms with van der Waals surface area (Å²) in [4.78, 5) is 24.8. The lowest BCUT2D eigenvalue weighted by Crippen LogP contribution is -2.17. The lowest BCUT2D eigenvalue weighted by molar-refractivity contribution is 0.0734. The van der Waals surface area contributed by atoms with Gasteiger partial charge < -0.3 is 4.74 Å². The highest BCUT2D eigenvalue weighted by molar-refractivity contribution is 6.37. The van der Waals surface area contributed by atoms with Crippen LogP contribution in [-0.2, 0) is 0 Å². The summed E-state index contributed by atoms with van der Waals surface area (Å²) in [7, 11) is 0. The number of rotatable bonds is 5. The van der Waals surface area contributed by atoms with Crippen molar-refractivity contribution >= 4 is 52.1 Å². The van der Waals surface area contributed by atoms with Crippen LogP contribution in [0.3, 0.4) is 0 Å². The van der Waals surface area contributed by atoms with Gasteiger partial charge >= 0.3 is 5.97 Å². The predicted octanol–water partition coefficient (Wildman–Crippen LogP) is 6.13. The molecule has 0 fully saturated rings. The van der Waals surface area contributed by atoms with Gasteiger partial charge in [0.2, 0.25) is 0 Å². The Morgan fingerprint density at radius 2 is 1.50 bits per heavy atom. The molecule has 0 atom stereocenters. The van der Waals surface area contributed by atoms with Crippen LogP contribution in [0.25, 0.3) is 10.8 Å². The molecule has 0 spiro atoms. The van der Waals surface area contributed by atoms with Crippen LogP contribution in [0.15, 0.2) is 90.0 Å². The van der Waals surface area contributed by atoms with Gasteiger partial charge in [0, 0.05) is 5.56 Å². The molecule has 32 heavy (non-hydrogen) atoms. The summed E-state index contributed by atoms with van der Waals surface area (Å²) in [5.41, 5.74) is 3.92. The molecule has 0 heterocycles. The van der Waals surface area contributed by atoms with E-state index in [2.05, 4.69) is 10.5 Å². The summed E-state index contributed by atoms with van der Waals surface area (Å²) < 4.78 is 5.34. The normalized spacial score (nSPS) is 10.9. The first kappa shape index (κ1) is 21.6. The smallest absolute Gasteiger partial charge is 0.343 e. The van der Waals surface area contributed by atoms with E-state index in [-0.39, 0.29) is 21.7 Å². The van der Waals surface area contributed by atoms with Crippen LogP contribution in [-0.4, -0.2) is 18.1 Å². The Morgan fingerprint density at radius 1 is 0.844 bits per heavy atom. The second-order valence-electron chi connectivity index (χ2n) is 6.80. The quantitative estimate of drug-likeness (QED) is 0.168. The lowest BCUT2D eigenvalue weighted by Gasteiger charge is -2.09. The monoisotopic (exact) mass is 462 g/mol. The average molecular weight is 463 g/mol. The molecule has 4 rings (SSSR count). The Bertz CT molecular complexity index is 1310. The average Bonchev–Trinajstić information content (AvgIpc) is 2.81. The van der Waals surface area contributed by atoms with Gasteiger partial charge in [0.15, 0.2) is 5.75 Å². The second kappa shape index (κ2) is 9.64.